The molecule has 1 aromatic rings. The fraction of sp³-hybridized carbons (Fsp3) is 0.600. The molecular weight excluding hydrogens is 244 g/mol. The Kier molecular flexibility index (Phi) is 6.93. The molecule has 1 aromatic heterocycles. The highest BCUT2D eigenvalue weighted by Crippen LogP contribution is 2.13. The number of ketones is 1. The van der Waals surface area contributed by atoms with Crippen molar-refractivity contribution in [2.75, 3.05) is 6.61 Å². The average molecular weight is 266 g/mol. The maximum atomic E-state index is 11.6. The molecule has 0 N–H and O–H groups in total. The highest BCUT2D eigenvalue weighted by molar-refractivity contribution is 6.05. The van der Waals surface area contributed by atoms with Gasteiger partial charge in [-0.05, 0) is 18.4 Å². The first-order valence-corrected chi connectivity index (χ1v) is 6.88. The van der Waals surface area contributed by atoms with Gasteiger partial charge in [0.25, 0.3) is 0 Å². The van der Waals surface area contributed by atoms with Crippen LogP contribution in [-0.2, 0) is 9.53 Å². The lowest BCUT2D eigenvalue weighted by Gasteiger charge is -2.14. The van der Waals surface area contributed by atoms with Crippen molar-refractivity contribution in [3.05, 3.63) is 24.2 Å². The smallest absolute Gasteiger partial charge is 0.313 e. The van der Waals surface area contributed by atoms with Crippen molar-refractivity contribution in [3.8, 4) is 0 Å². The number of hydrogen-bond donors (Lipinski definition) is 0. The highest BCUT2D eigenvalue weighted by atomic mass is 16.5. The van der Waals surface area contributed by atoms with Crippen LogP contribution in [0.4, 0.5) is 0 Å². The van der Waals surface area contributed by atoms with Crippen LogP contribution in [0.3, 0.4) is 0 Å². The van der Waals surface area contributed by atoms with Gasteiger partial charge in [-0.3, -0.25) is 9.59 Å². The summed E-state index contributed by atoms with van der Waals surface area (Å²) in [6.07, 6.45) is 6.87. The van der Waals surface area contributed by atoms with Crippen molar-refractivity contribution in [1.82, 2.24) is 0 Å². The normalized spacial score (nSPS) is 12.1. The van der Waals surface area contributed by atoms with Gasteiger partial charge < -0.3 is 9.15 Å². The van der Waals surface area contributed by atoms with Crippen LogP contribution in [0.25, 0.3) is 0 Å². The summed E-state index contributed by atoms with van der Waals surface area (Å²) in [6, 6.07) is 1.55. The Morgan fingerprint density at radius 1 is 1.37 bits per heavy atom. The van der Waals surface area contributed by atoms with E-state index in [9.17, 15) is 9.59 Å². The standard InChI is InChI=1S/C15H22O4/c1-3-5-6-12(4-2)10-19-15(17)9-14(16)13-7-8-18-11-13/h7-8,11-12H,3-6,9-10H2,1-2H3. The second kappa shape index (κ2) is 8.51. The number of hydrogen-bond acceptors (Lipinski definition) is 4. The van der Waals surface area contributed by atoms with Gasteiger partial charge in [0.2, 0.25) is 0 Å². The number of carbonyl (C=O) groups is 2. The molecule has 0 saturated carbocycles. The lowest BCUT2D eigenvalue weighted by atomic mass is 10.0. The third-order valence-corrected chi connectivity index (χ3v) is 3.17. The van der Waals surface area contributed by atoms with Gasteiger partial charge in [0.05, 0.1) is 18.4 Å². The minimum atomic E-state index is -0.457. The number of carbonyl (C=O) groups excluding carboxylic acids is 2. The molecule has 1 unspecified atom stereocenters. The fourth-order valence-corrected chi connectivity index (χ4v) is 1.82. The second-order valence-electron chi connectivity index (χ2n) is 4.71. The van der Waals surface area contributed by atoms with E-state index in [-0.39, 0.29) is 12.2 Å². The monoisotopic (exact) mass is 266 g/mol. The number of furan rings is 1. The van der Waals surface area contributed by atoms with Crippen LogP contribution < -0.4 is 0 Å². The molecule has 0 saturated heterocycles. The van der Waals surface area contributed by atoms with Crippen molar-refractivity contribution in [1.29, 1.82) is 0 Å². The van der Waals surface area contributed by atoms with Gasteiger partial charge in [0, 0.05) is 0 Å². The molecule has 1 heterocycles. The predicted octanol–water partition coefficient (Wildman–Crippen LogP) is 3.61. The number of unbranched alkanes of at least 4 members (excludes halogenated alkanes) is 1. The minimum absolute atomic E-state index is 0.219. The quantitative estimate of drug-likeness (QED) is 0.389. The van der Waals surface area contributed by atoms with Gasteiger partial charge in [-0.15, -0.1) is 0 Å². The summed E-state index contributed by atoms with van der Waals surface area (Å²) in [5.74, 6) is -0.325. The summed E-state index contributed by atoms with van der Waals surface area (Å²) in [5.41, 5.74) is 0.412. The first-order valence-electron chi connectivity index (χ1n) is 6.88. The largest absolute Gasteiger partial charge is 0.472 e. The van der Waals surface area contributed by atoms with Gasteiger partial charge in [-0.1, -0.05) is 33.1 Å². The minimum Gasteiger partial charge on any atom is -0.472 e. The van der Waals surface area contributed by atoms with Crippen molar-refractivity contribution in [2.45, 2.75) is 46.0 Å². The van der Waals surface area contributed by atoms with E-state index in [1.807, 2.05) is 0 Å². The lowest BCUT2D eigenvalue weighted by Crippen LogP contribution is -2.16. The number of esters is 1. The van der Waals surface area contributed by atoms with Crippen LogP contribution in [0, 0.1) is 5.92 Å². The Bertz CT molecular complexity index is 381. The van der Waals surface area contributed by atoms with E-state index in [0.717, 1.165) is 25.7 Å². The first kappa shape index (κ1) is 15.5. The highest BCUT2D eigenvalue weighted by Gasteiger charge is 2.15. The molecule has 1 rings (SSSR count). The number of ether oxygens (including phenoxy) is 1. The van der Waals surface area contributed by atoms with E-state index in [1.54, 1.807) is 6.07 Å². The Morgan fingerprint density at radius 2 is 2.16 bits per heavy atom. The van der Waals surface area contributed by atoms with Crippen LogP contribution in [0.1, 0.15) is 56.3 Å². The summed E-state index contributed by atoms with van der Waals surface area (Å²) in [6.45, 7) is 4.64. The van der Waals surface area contributed by atoms with Crippen molar-refractivity contribution in [2.24, 2.45) is 5.92 Å². The molecule has 0 spiro atoms. The van der Waals surface area contributed by atoms with Crippen molar-refractivity contribution < 1.29 is 18.7 Å². The van der Waals surface area contributed by atoms with Gasteiger partial charge in [0.1, 0.15) is 12.7 Å². The van der Waals surface area contributed by atoms with Crippen molar-refractivity contribution in [3.63, 3.8) is 0 Å². The summed E-state index contributed by atoms with van der Waals surface area (Å²) in [7, 11) is 0. The molecule has 4 nitrogen and oxygen atoms in total. The Balaban J connectivity index is 2.29. The van der Waals surface area contributed by atoms with Gasteiger partial charge >= 0.3 is 5.97 Å². The summed E-state index contributed by atoms with van der Waals surface area (Å²) >= 11 is 0. The SMILES string of the molecule is CCCCC(CC)COC(=O)CC(=O)c1ccoc1. The molecule has 106 valence electrons. The van der Waals surface area contributed by atoms with E-state index in [2.05, 4.69) is 13.8 Å². The molecule has 0 fully saturated rings. The van der Waals surface area contributed by atoms with E-state index in [4.69, 9.17) is 9.15 Å². The molecule has 0 aliphatic rings. The van der Waals surface area contributed by atoms with E-state index >= 15 is 0 Å². The van der Waals surface area contributed by atoms with Gasteiger partial charge in [0.15, 0.2) is 5.78 Å². The molecule has 19 heavy (non-hydrogen) atoms. The second-order valence-corrected chi connectivity index (χ2v) is 4.71. The average Bonchev–Trinajstić information content (AvgIpc) is 2.93. The van der Waals surface area contributed by atoms with E-state index < -0.39 is 5.97 Å². The third-order valence-electron chi connectivity index (χ3n) is 3.17. The zero-order chi connectivity index (χ0) is 14.1. The molecule has 4 heteroatoms. The lowest BCUT2D eigenvalue weighted by molar-refractivity contribution is -0.144. The fourth-order valence-electron chi connectivity index (χ4n) is 1.82. The molecule has 0 bridgehead atoms. The topological polar surface area (TPSA) is 56.5 Å². The summed E-state index contributed by atoms with van der Waals surface area (Å²) in [5, 5.41) is 0. The van der Waals surface area contributed by atoms with Crippen molar-refractivity contribution >= 4 is 11.8 Å². The van der Waals surface area contributed by atoms with Crippen LogP contribution in [0.2, 0.25) is 0 Å². The Morgan fingerprint density at radius 3 is 2.74 bits per heavy atom. The number of Topliss-reactive ketones (excluding diaryl/α,β-unsaturated/α-hetero) is 1. The maximum absolute atomic E-state index is 11.6. The van der Waals surface area contributed by atoms with Gasteiger partial charge in [-0.25, -0.2) is 0 Å². The summed E-state index contributed by atoms with van der Waals surface area (Å²) < 4.78 is 9.97. The van der Waals surface area contributed by atoms with Crippen LogP contribution in [0.5, 0.6) is 0 Å². The molecule has 0 aliphatic heterocycles. The molecule has 0 radical (unpaired) electrons. The molecular formula is C15H22O4. The van der Waals surface area contributed by atoms with E-state index in [1.165, 1.54) is 12.5 Å². The van der Waals surface area contributed by atoms with Crippen LogP contribution in [0.15, 0.2) is 23.0 Å². The molecule has 0 amide bonds. The number of rotatable bonds is 9. The Labute approximate surface area is 114 Å². The zero-order valence-electron chi connectivity index (χ0n) is 11.7. The maximum Gasteiger partial charge on any atom is 0.313 e. The third kappa shape index (κ3) is 5.73. The molecule has 0 aliphatic carbocycles. The Hall–Kier alpha value is -1.58. The molecule has 0 aromatic carbocycles. The van der Waals surface area contributed by atoms with Crippen LogP contribution >= 0.6 is 0 Å². The van der Waals surface area contributed by atoms with E-state index in [0.29, 0.717) is 18.1 Å². The summed E-state index contributed by atoms with van der Waals surface area (Å²) in [4.78, 5) is 23.2. The molecule has 1 atom stereocenters. The van der Waals surface area contributed by atoms with Crippen LogP contribution in [-0.4, -0.2) is 18.4 Å². The first-order chi connectivity index (χ1) is 9.17. The van der Waals surface area contributed by atoms with Gasteiger partial charge in [-0.2, -0.15) is 0 Å². The zero-order valence-corrected chi connectivity index (χ0v) is 11.7. The predicted molar refractivity (Wildman–Crippen MR) is 71.9 cm³/mol.